The second-order valence-electron chi connectivity index (χ2n) is 5.57. The first kappa shape index (κ1) is 11.9. The molecule has 2 saturated heterocycles. The Labute approximate surface area is 98.6 Å². The van der Waals surface area contributed by atoms with Crippen LogP contribution < -0.4 is 5.32 Å². The Balaban J connectivity index is 1.96. The number of hydrogen-bond donors (Lipinski definition) is 1. The van der Waals surface area contributed by atoms with Gasteiger partial charge >= 0.3 is 0 Å². The Hall–Kier alpha value is -0.570. The van der Waals surface area contributed by atoms with Crippen molar-refractivity contribution < 1.29 is 4.79 Å². The van der Waals surface area contributed by atoms with Gasteiger partial charge in [-0.1, -0.05) is 6.92 Å². The third-order valence-electron chi connectivity index (χ3n) is 4.05. The van der Waals surface area contributed by atoms with Crippen LogP contribution in [0, 0.1) is 11.8 Å². The molecule has 0 radical (unpaired) electrons. The predicted molar refractivity (Wildman–Crippen MR) is 65.2 cm³/mol. The van der Waals surface area contributed by atoms with Crippen molar-refractivity contribution in [2.45, 2.75) is 45.6 Å². The Morgan fingerprint density at radius 2 is 2.06 bits per heavy atom. The van der Waals surface area contributed by atoms with E-state index < -0.39 is 0 Å². The molecule has 92 valence electrons. The van der Waals surface area contributed by atoms with Crippen LogP contribution in [0.25, 0.3) is 0 Å². The molecule has 2 fully saturated rings. The molecule has 16 heavy (non-hydrogen) atoms. The minimum Gasteiger partial charge on any atom is -0.339 e. The van der Waals surface area contributed by atoms with Crippen LogP contribution in [-0.2, 0) is 4.79 Å². The minimum atomic E-state index is 0.237. The summed E-state index contributed by atoms with van der Waals surface area (Å²) < 4.78 is 0. The number of amides is 1. The predicted octanol–water partition coefficient (Wildman–Crippen LogP) is 1.63. The standard InChI is InChI=1S/C13H24N2O/c1-10-5-6-11(2)15(9-10)13(16)12-4-3-7-14-8-12/h10-12,14H,3-9H2,1-2H3/t10?,11?,12-/m0/s1. The molecule has 2 heterocycles. The SMILES string of the molecule is CC1CCC(C)N(C(=O)[C@H]2CCCNC2)C1. The number of nitrogens with zero attached hydrogens (tertiary/aromatic N) is 1. The maximum atomic E-state index is 12.4. The molecule has 1 amide bonds. The molecule has 2 unspecified atom stereocenters. The summed E-state index contributed by atoms with van der Waals surface area (Å²) in [4.78, 5) is 14.5. The van der Waals surface area contributed by atoms with E-state index in [0.29, 0.717) is 17.9 Å². The molecular formula is C13H24N2O. The van der Waals surface area contributed by atoms with Gasteiger partial charge < -0.3 is 10.2 Å². The van der Waals surface area contributed by atoms with E-state index in [9.17, 15) is 4.79 Å². The van der Waals surface area contributed by atoms with Crippen molar-refractivity contribution in [2.75, 3.05) is 19.6 Å². The highest BCUT2D eigenvalue weighted by Crippen LogP contribution is 2.24. The fraction of sp³-hybridized carbons (Fsp3) is 0.923. The molecule has 2 aliphatic rings. The summed E-state index contributed by atoms with van der Waals surface area (Å²) in [6.45, 7) is 7.38. The number of rotatable bonds is 1. The van der Waals surface area contributed by atoms with Crippen molar-refractivity contribution in [2.24, 2.45) is 11.8 Å². The van der Waals surface area contributed by atoms with Crippen LogP contribution in [0.1, 0.15) is 39.5 Å². The smallest absolute Gasteiger partial charge is 0.227 e. The number of piperidine rings is 2. The van der Waals surface area contributed by atoms with Crippen LogP contribution >= 0.6 is 0 Å². The van der Waals surface area contributed by atoms with Crippen molar-refractivity contribution in [3.63, 3.8) is 0 Å². The van der Waals surface area contributed by atoms with Crippen LogP contribution in [0.2, 0.25) is 0 Å². The molecule has 0 aromatic heterocycles. The molecule has 0 aromatic carbocycles. The highest BCUT2D eigenvalue weighted by molar-refractivity contribution is 5.79. The van der Waals surface area contributed by atoms with Gasteiger partial charge in [0.05, 0.1) is 5.92 Å². The van der Waals surface area contributed by atoms with Gasteiger partial charge in [-0.3, -0.25) is 4.79 Å². The first-order valence-corrected chi connectivity index (χ1v) is 6.69. The summed E-state index contributed by atoms with van der Waals surface area (Å²) >= 11 is 0. The van der Waals surface area contributed by atoms with Gasteiger partial charge in [0.15, 0.2) is 0 Å². The van der Waals surface area contributed by atoms with E-state index in [1.165, 1.54) is 12.8 Å². The van der Waals surface area contributed by atoms with Crippen molar-refractivity contribution in [1.29, 1.82) is 0 Å². The molecule has 0 aromatic rings. The topological polar surface area (TPSA) is 32.3 Å². The first-order valence-electron chi connectivity index (χ1n) is 6.69. The highest BCUT2D eigenvalue weighted by Gasteiger charge is 2.31. The summed E-state index contributed by atoms with van der Waals surface area (Å²) in [6, 6.07) is 0.450. The van der Waals surface area contributed by atoms with Crippen LogP contribution in [0.5, 0.6) is 0 Å². The Kier molecular flexibility index (Phi) is 3.85. The van der Waals surface area contributed by atoms with Gasteiger partial charge in [-0.25, -0.2) is 0 Å². The number of carbonyl (C=O) groups is 1. The molecule has 1 N–H and O–H groups in total. The molecule has 3 nitrogen and oxygen atoms in total. The van der Waals surface area contributed by atoms with E-state index in [1.54, 1.807) is 0 Å². The van der Waals surface area contributed by atoms with E-state index >= 15 is 0 Å². The summed E-state index contributed by atoms with van der Waals surface area (Å²) in [7, 11) is 0. The van der Waals surface area contributed by atoms with Gasteiger partial charge in [-0.15, -0.1) is 0 Å². The van der Waals surface area contributed by atoms with E-state index in [1.807, 2.05) is 0 Å². The van der Waals surface area contributed by atoms with E-state index in [2.05, 4.69) is 24.1 Å². The maximum absolute atomic E-state index is 12.4. The van der Waals surface area contributed by atoms with Crippen LogP contribution in [0.15, 0.2) is 0 Å². The lowest BCUT2D eigenvalue weighted by Gasteiger charge is -2.39. The Morgan fingerprint density at radius 1 is 1.25 bits per heavy atom. The summed E-state index contributed by atoms with van der Waals surface area (Å²) in [5.41, 5.74) is 0. The lowest BCUT2D eigenvalue weighted by molar-refractivity contribution is -0.140. The third-order valence-corrected chi connectivity index (χ3v) is 4.05. The van der Waals surface area contributed by atoms with E-state index in [0.717, 1.165) is 32.5 Å². The van der Waals surface area contributed by atoms with E-state index in [4.69, 9.17) is 0 Å². The molecule has 0 saturated carbocycles. The fourth-order valence-corrected chi connectivity index (χ4v) is 2.89. The van der Waals surface area contributed by atoms with Crippen molar-refractivity contribution >= 4 is 5.91 Å². The van der Waals surface area contributed by atoms with Crippen LogP contribution in [0.4, 0.5) is 0 Å². The third kappa shape index (κ3) is 2.57. The highest BCUT2D eigenvalue weighted by atomic mass is 16.2. The Bertz CT molecular complexity index is 248. The molecule has 0 bridgehead atoms. The van der Waals surface area contributed by atoms with E-state index in [-0.39, 0.29) is 5.92 Å². The zero-order valence-corrected chi connectivity index (χ0v) is 10.5. The maximum Gasteiger partial charge on any atom is 0.227 e. The molecule has 2 rings (SSSR count). The molecule has 3 atom stereocenters. The largest absolute Gasteiger partial charge is 0.339 e. The second-order valence-corrected chi connectivity index (χ2v) is 5.57. The summed E-state index contributed by atoms with van der Waals surface area (Å²) in [6.07, 6.45) is 4.67. The first-order chi connectivity index (χ1) is 7.68. The summed E-state index contributed by atoms with van der Waals surface area (Å²) in [5.74, 6) is 1.31. The number of likely N-dealkylation sites (tertiary alicyclic amines) is 1. The summed E-state index contributed by atoms with van der Waals surface area (Å²) in [5, 5.41) is 3.33. The number of carbonyl (C=O) groups excluding carboxylic acids is 1. The average molecular weight is 224 g/mol. The molecule has 0 aliphatic carbocycles. The molecule has 2 aliphatic heterocycles. The van der Waals surface area contributed by atoms with Crippen molar-refractivity contribution in [3.8, 4) is 0 Å². The minimum absolute atomic E-state index is 0.237. The Morgan fingerprint density at radius 3 is 2.75 bits per heavy atom. The van der Waals surface area contributed by atoms with Gasteiger partial charge in [0.1, 0.15) is 0 Å². The van der Waals surface area contributed by atoms with Crippen molar-refractivity contribution in [1.82, 2.24) is 10.2 Å². The number of nitrogens with one attached hydrogen (secondary N) is 1. The number of hydrogen-bond acceptors (Lipinski definition) is 2. The zero-order valence-electron chi connectivity index (χ0n) is 10.5. The molecule has 0 spiro atoms. The molecular weight excluding hydrogens is 200 g/mol. The quantitative estimate of drug-likeness (QED) is 0.734. The normalized spacial score (nSPS) is 36.1. The van der Waals surface area contributed by atoms with Gasteiger partial charge in [-0.2, -0.15) is 0 Å². The van der Waals surface area contributed by atoms with Gasteiger partial charge in [-0.05, 0) is 45.1 Å². The fourth-order valence-electron chi connectivity index (χ4n) is 2.89. The van der Waals surface area contributed by atoms with Crippen molar-refractivity contribution in [3.05, 3.63) is 0 Å². The van der Waals surface area contributed by atoms with Crippen LogP contribution in [0.3, 0.4) is 0 Å². The van der Waals surface area contributed by atoms with Gasteiger partial charge in [0.2, 0.25) is 5.91 Å². The lowest BCUT2D eigenvalue weighted by Crippen LogP contribution is -2.50. The molecule has 3 heteroatoms. The average Bonchev–Trinajstić information content (AvgIpc) is 2.32. The van der Waals surface area contributed by atoms with Gasteiger partial charge in [0, 0.05) is 19.1 Å². The zero-order chi connectivity index (χ0) is 11.5. The second kappa shape index (κ2) is 5.17. The van der Waals surface area contributed by atoms with Crippen LogP contribution in [-0.4, -0.2) is 36.5 Å². The van der Waals surface area contributed by atoms with Gasteiger partial charge in [0.25, 0.3) is 0 Å². The monoisotopic (exact) mass is 224 g/mol. The lowest BCUT2D eigenvalue weighted by atomic mass is 9.91.